The minimum Gasteiger partial charge on any atom is -0.392 e. The van der Waals surface area contributed by atoms with Crippen molar-refractivity contribution in [2.75, 3.05) is 13.1 Å². The largest absolute Gasteiger partial charge is 0.392 e. The van der Waals surface area contributed by atoms with Crippen molar-refractivity contribution in [2.24, 2.45) is 0 Å². The number of hydrogen-bond acceptors (Lipinski definition) is 3. The van der Waals surface area contributed by atoms with Crippen LogP contribution in [0.5, 0.6) is 0 Å². The van der Waals surface area contributed by atoms with Crippen molar-refractivity contribution < 1.29 is 5.11 Å². The SMILES string of the molecule is OC1CCN(Cc2ccn[nH]2)C1. The Morgan fingerprint density at radius 2 is 2.67 bits per heavy atom. The van der Waals surface area contributed by atoms with Crippen LogP contribution in [0.1, 0.15) is 12.1 Å². The van der Waals surface area contributed by atoms with Gasteiger partial charge in [-0.25, -0.2) is 0 Å². The van der Waals surface area contributed by atoms with Crippen LogP contribution in [-0.4, -0.2) is 39.4 Å². The molecule has 12 heavy (non-hydrogen) atoms. The quantitative estimate of drug-likeness (QED) is 0.650. The summed E-state index contributed by atoms with van der Waals surface area (Å²) >= 11 is 0. The number of hydrogen-bond donors (Lipinski definition) is 2. The molecule has 4 heteroatoms. The first-order chi connectivity index (χ1) is 5.84. The first-order valence-electron chi connectivity index (χ1n) is 4.23. The summed E-state index contributed by atoms with van der Waals surface area (Å²) in [4.78, 5) is 2.22. The van der Waals surface area contributed by atoms with Gasteiger partial charge in [0.1, 0.15) is 0 Å². The van der Waals surface area contributed by atoms with E-state index in [1.807, 2.05) is 6.07 Å². The van der Waals surface area contributed by atoms with E-state index in [2.05, 4.69) is 15.1 Å². The molecule has 0 aliphatic carbocycles. The second kappa shape index (κ2) is 3.25. The van der Waals surface area contributed by atoms with Crippen molar-refractivity contribution in [3.8, 4) is 0 Å². The zero-order chi connectivity index (χ0) is 8.39. The second-order valence-electron chi connectivity index (χ2n) is 3.26. The van der Waals surface area contributed by atoms with E-state index in [1.54, 1.807) is 6.20 Å². The maximum Gasteiger partial charge on any atom is 0.0679 e. The summed E-state index contributed by atoms with van der Waals surface area (Å²) < 4.78 is 0. The Hall–Kier alpha value is -0.870. The Morgan fingerprint density at radius 1 is 1.75 bits per heavy atom. The fraction of sp³-hybridized carbons (Fsp3) is 0.625. The number of aliphatic hydroxyl groups is 1. The van der Waals surface area contributed by atoms with Gasteiger partial charge in [-0.1, -0.05) is 0 Å². The highest BCUT2D eigenvalue weighted by Crippen LogP contribution is 2.11. The molecule has 0 bridgehead atoms. The molecular weight excluding hydrogens is 154 g/mol. The van der Waals surface area contributed by atoms with E-state index in [9.17, 15) is 5.11 Å². The maximum absolute atomic E-state index is 9.26. The molecule has 2 rings (SSSR count). The lowest BCUT2D eigenvalue weighted by Crippen LogP contribution is -2.21. The summed E-state index contributed by atoms with van der Waals surface area (Å²) in [6, 6.07) is 1.96. The number of rotatable bonds is 2. The van der Waals surface area contributed by atoms with Gasteiger partial charge in [-0.2, -0.15) is 5.10 Å². The third-order valence-electron chi connectivity index (χ3n) is 2.20. The maximum atomic E-state index is 9.26. The van der Waals surface area contributed by atoms with Gasteiger partial charge >= 0.3 is 0 Å². The van der Waals surface area contributed by atoms with Crippen LogP contribution >= 0.6 is 0 Å². The van der Waals surface area contributed by atoms with Gasteiger partial charge in [-0.05, 0) is 12.5 Å². The predicted octanol–water partition coefficient (Wildman–Crippen LogP) is -0.0237. The van der Waals surface area contributed by atoms with E-state index in [0.717, 1.165) is 31.7 Å². The van der Waals surface area contributed by atoms with Crippen molar-refractivity contribution in [3.63, 3.8) is 0 Å². The predicted molar refractivity (Wildman–Crippen MR) is 44.5 cm³/mol. The minimum absolute atomic E-state index is 0.132. The third kappa shape index (κ3) is 1.65. The first-order valence-corrected chi connectivity index (χ1v) is 4.23. The van der Waals surface area contributed by atoms with Crippen LogP contribution in [0.3, 0.4) is 0 Å². The lowest BCUT2D eigenvalue weighted by atomic mass is 10.3. The fourth-order valence-electron chi connectivity index (χ4n) is 1.57. The van der Waals surface area contributed by atoms with Gasteiger partial charge in [0, 0.05) is 31.5 Å². The Kier molecular flexibility index (Phi) is 2.10. The van der Waals surface area contributed by atoms with Gasteiger partial charge in [0.2, 0.25) is 0 Å². The van der Waals surface area contributed by atoms with E-state index in [1.165, 1.54) is 0 Å². The number of nitrogens with zero attached hydrogens (tertiary/aromatic N) is 2. The van der Waals surface area contributed by atoms with Crippen molar-refractivity contribution in [2.45, 2.75) is 19.1 Å². The molecule has 4 nitrogen and oxygen atoms in total. The molecule has 66 valence electrons. The monoisotopic (exact) mass is 167 g/mol. The van der Waals surface area contributed by atoms with Gasteiger partial charge in [0.15, 0.2) is 0 Å². The standard InChI is InChI=1S/C8H13N3O/c12-8-2-4-11(6-8)5-7-1-3-9-10-7/h1,3,8,12H,2,4-6H2,(H,9,10). The highest BCUT2D eigenvalue weighted by Gasteiger charge is 2.19. The molecule has 1 fully saturated rings. The molecule has 1 unspecified atom stereocenters. The Labute approximate surface area is 71.2 Å². The average molecular weight is 167 g/mol. The van der Waals surface area contributed by atoms with Crippen LogP contribution in [0.4, 0.5) is 0 Å². The van der Waals surface area contributed by atoms with E-state index >= 15 is 0 Å². The molecule has 1 atom stereocenters. The molecule has 1 aromatic heterocycles. The number of aromatic nitrogens is 2. The molecule has 0 radical (unpaired) electrons. The molecule has 2 N–H and O–H groups in total. The van der Waals surface area contributed by atoms with Crippen LogP contribution in [-0.2, 0) is 6.54 Å². The zero-order valence-corrected chi connectivity index (χ0v) is 6.90. The van der Waals surface area contributed by atoms with Crippen LogP contribution < -0.4 is 0 Å². The van der Waals surface area contributed by atoms with E-state index in [4.69, 9.17) is 0 Å². The van der Waals surface area contributed by atoms with Crippen molar-refractivity contribution >= 4 is 0 Å². The van der Waals surface area contributed by atoms with Crippen molar-refractivity contribution in [3.05, 3.63) is 18.0 Å². The number of likely N-dealkylation sites (tertiary alicyclic amines) is 1. The van der Waals surface area contributed by atoms with E-state index < -0.39 is 0 Å². The third-order valence-corrected chi connectivity index (χ3v) is 2.20. The molecule has 0 amide bonds. The highest BCUT2D eigenvalue weighted by atomic mass is 16.3. The molecule has 0 spiro atoms. The van der Waals surface area contributed by atoms with Crippen LogP contribution in [0.2, 0.25) is 0 Å². The molecule has 0 saturated carbocycles. The highest BCUT2D eigenvalue weighted by molar-refractivity contribution is 4.97. The summed E-state index contributed by atoms with van der Waals surface area (Å²) in [6.45, 7) is 2.65. The fourth-order valence-corrected chi connectivity index (χ4v) is 1.57. The Bertz CT molecular complexity index is 234. The van der Waals surface area contributed by atoms with E-state index in [0.29, 0.717) is 0 Å². The molecule has 1 aliphatic rings. The number of H-pyrrole nitrogens is 1. The van der Waals surface area contributed by atoms with Crippen molar-refractivity contribution in [1.82, 2.24) is 15.1 Å². The minimum atomic E-state index is -0.132. The molecule has 2 heterocycles. The number of β-amino-alcohol motifs (C(OH)–C–C–N with tert-alkyl or cyclic N) is 1. The molecular formula is C8H13N3O. The van der Waals surface area contributed by atoms with Gasteiger partial charge in [-0.15, -0.1) is 0 Å². The molecule has 0 aromatic carbocycles. The van der Waals surface area contributed by atoms with E-state index in [-0.39, 0.29) is 6.10 Å². The van der Waals surface area contributed by atoms with Crippen LogP contribution in [0, 0.1) is 0 Å². The van der Waals surface area contributed by atoms with Crippen LogP contribution in [0.25, 0.3) is 0 Å². The summed E-state index contributed by atoms with van der Waals surface area (Å²) in [6.07, 6.45) is 2.52. The first kappa shape index (κ1) is 7.76. The van der Waals surface area contributed by atoms with Gasteiger partial charge in [0.05, 0.1) is 6.10 Å². The Balaban J connectivity index is 1.88. The normalized spacial score (nSPS) is 24.9. The summed E-state index contributed by atoms with van der Waals surface area (Å²) in [5.74, 6) is 0. The Morgan fingerprint density at radius 3 is 3.25 bits per heavy atom. The van der Waals surface area contributed by atoms with Gasteiger partial charge in [0.25, 0.3) is 0 Å². The zero-order valence-electron chi connectivity index (χ0n) is 6.90. The number of aromatic amines is 1. The number of nitrogens with one attached hydrogen (secondary N) is 1. The molecule has 1 aliphatic heterocycles. The summed E-state index contributed by atoms with van der Waals surface area (Å²) in [7, 11) is 0. The average Bonchev–Trinajstić information content (AvgIpc) is 2.63. The second-order valence-corrected chi connectivity index (χ2v) is 3.26. The summed E-state index contributed by atoms with van der Waals surface area (Å²) in [5.41, 5.74) is 1.11. The lowest BCUT2D eigenvalue weighted by Gasteiger charge is -2.12. The topological polar surface area (TPSA) is 52.1 Å². The summed E-state index contributed by atoms with van der Waals surface area (Å²) in [5, 5.41) is 16.0. The van der Waals surface area contributed by atoms with Gasteiger partial charge in [-0.3, -0.25) is 10.00 Å². The van der Waals surface area contributed by atoms with Gasteiger partial charge < -0.3 is 5.11 Å². The smallest absolute Gasteiger partial charge is 0.0679 e. The lowest BCUT2D eigenvalue weighted by molar-refractivity contribution is 0.174. The van der Waals surface area contributed by atoms with Crippen LogP contribution in [0.15, 0.2) is 12.3 Å². The number of aliphatic hydroxyl groups excluding tert-OH is 1. The molecule has 1 aromatic rings. The van der Waals surface area contributed by atoms with Crippen molar-refractivity contribution in [1.29, 1.82) is 0 Å². The molecule has 1 saturated heterocycles.